The Kier molecular flexibility index (Phi) is 4.44. The molecule has 1 aromatic heterocycles. The molecule has 0 bridgehead atoms. The Morgan fingerprint density at radius 3 is 2.06 bits per heavy atom. The highest BCUT2D eigenvalue weighted by Gasteiger charge is 2.35. The Balaban J connectivity index is 1.38. The first-order valence-corrected chi connectivity index (χ1v) is 12.6. The third kappa shape index (κ3) is 2.91. The minimum Gasteiger partial charge on any atom is -0.345 e. The predicted molar refractivity (Wildman–Crippen MR) is 153 cm³/mol. The normalized spacial score (nSPS) is 13.6. The van der Waals surface area contributed by atoms with Gasteiger partial charge in [0, 0.05) is 40.3 Å². The SMILES string of the molecule is CN(c1ccc2c(c1)C(C)(C)c1ccccc1-2)c1ccc2c3ccccc3n(-c3ccccc3)c2c1. The van der Waals surface area contributed by atoms with Gasteiger partial charge in [-0.2, -0.15) is 0 Å². The van der Waals surface area contributed by atoms with E-state index < -0.39 is 0 Å². The molecule has 36 heavy (non-hydrogen) atoms. The summed E-state index contributed by atoms with van der Waals surface area (Å²) in [5.74, 6) is 0. The van der Waals surface area contributed by atoms with E-state index >= 15 is 0 Å². The quantitative estimate of drug-likeness (QED) is 0.254. The maximum absolute atomic E-state index is 2.38. The summed E-state index contributed by atoms with van der Waals surface area (Å²) in [5.41, 5.74) is 11.5. The lowest BCUT2D eigenvalue weighted by Crippen LogP contribution is -2.16. The van der Waals surface area contributed by atoms with Gasteiger partial charge in [0.25, 0.3) is 0 Å². The average Bonchev–Trinajstić information content (AvgIpc) is 3.37. The third-order valence-electron chi connectivity index (χ3n) is 8.01. The summed E-state index contributed by atoms with van der Waals surface area (Å²) in [7, 11) is 2.17. The van der Waals surface area contributed by atoms with Gasteiger partial charge in [-0.05, 0) is 64.7 Å². The van der Waals surface area contributed by atoms with E-state index in [4.69, 9.17) is 0 Å². The van der Waals surface area contributed by atoms with Crippen molar-refractivity contribution in [3.8, 4) is 16.8 Å². The van der Waals surface area contributed by atoms with Crippen molar-refractivity contribution in [2.75, 3.05) is 11.9 Å². The average molecular weight is 465 g/mol. The van der Waals surface area contributed by atoms with Gasteiger partial charge in [-0.15, -0.1) is 0 Å². The first-order valence-electron chi connectivity index (χ1n) is 12.6. The number of hydrogen-bond donors (Lipinski definition) is 0. The van der Waals surface area contributed by atoms with E-state index in [2.05, 4.69) is 146 Å². The highest BCUT2D eigenvalue weighted by molar-refractivity contribution is 6.10. The summed E-state index contributed by atoms with van der Waals surface area (Å²) < 4.78 is 2.38. The summed E-state index contributed by atoms with van der Waals surface area (Å²) >= 11 is 0. The lowest BCUT2D eigenvalue weighted by Gasteiger charge is -2.25. The predicted octanol–water partition coefficient (Wildman–Crippen LogP) is 8.86. The maximum Gasteiger partial charge on any atom is 0.0561 e. The topological polar surface area (TPSA) is 8.17 Å². The Morgan fingerprint density at radius 1 is 0.556 bits per heavy atom. The minimum absolute atomic E-state index is 0.00748. The molecule has 0 fully saturated rings. The van der Waals surface area contributed by atoms with Crippen molar-refractivity contribution < 1.29 is 0 Å². The Morgan fingerprint density at radius 2 is 1.19 bits per heavy atom. The van der Waals surface area contributed by atoms with Gasteiger partial charge in [0.15, 0.2) is 0 Å². The van der Waals surface area contributed by atoms with E-state index in [0.717, 1.165) is 0 Å². The fourth-order valence-electron chi connectivity index (χ4n) is 6.07. The summed E-state index contributed by atoms with van der Waals surface area (Å²) in [5, 5.41) is 2.56. The molecule has 0 radical (unpaired) electrons. The second-order valence-electron chi connectivity index (χ2n) is 10.3. The van der Waals surface area contributed by atoms with Crippen molar-refractivity contribution in [2.24, 2.45) is 0 Å². The van der Waals surface area contributed by atoms with E-state index in [0.29, 0.717) is 0 Å². The number of anilines is 2. The number of aromatic nitrogens is 1. The van der Waals surface area contributed by atoms with Crippen molar-refractivity contribution in [3.05, 3.63) is 126 Å². The molecule has 1 heterocycles. The number of benzene rings is 5. The number of nitrogens with zero attached hydrogens (tertiary/aromatic N) is 2. The fraction of sp³-hybridized carbons (Fsp3) is 0.118. The van der Waals surface area contributed by atoms with Gasteiger partial charge in [-0.1, -0.05) is 86.6 Å². The number of rotatable bonds is 3. The molecule has 1 aliphatic carbocycles. The van der Waals surface area contributed by atoms with Crippen LogP contribution in [-0.4, -0.2) is 11.6 Å². The molecule has 0 saturated carbocycles. The van der Waals surface area contributed by atoms with Gasteiger partial charge in [0.2, 0.25) is 0 Å². The zero-order chi connectivity index (χ0) is 24.4. The minimum atomic E-state index is -0.00748. The van der Waals surface area contributed by atoms with Crippen molar-refractivity contribution in [1.82, 2.24) is 4.57 Å². The number of hydrogen-bond acceptors (Lipinski definition) is 1. The second kappa shape index (κ2) is 7.60. The van der Waals surface area contributed by atoms with Crippen LogP contribution >= 0.6 is 0 Å². The smallest absolute Gasteiger partial charge is 0.0561 e. The fourth-order valence-corrected chi connectivity index (χ4v) is 6.07. The first-order chi connectivity index (χ1) is 17.5. The molecule has 6 aromatic rings. The molecule has 174 valence electrons. The van der Waals surface area contributed by atoms with Crippen LogP contribution < -0.4 is 4.90 Å². The van der Waals surface area contributed by atoms with Gasteiger partial charge in [0.05, 0.1) is 11.0 Å². The van der Waals surface area contributed by atoms with Crippen LogP contribution in [0, 0.1) is 0 Å². The highest BCUT2D eigenvalue weighted by Crippen LogP contribution is 2.49. The van der Waals surface area contributed by atoms with Crippen LogP contribution in [-0.2, 0) is 5.41 Å². The van der Waals surface area contributed by atoms with Crippen LogP contribution in [0.5, 0.6) is 0 Å². The molecule has 2 heteroatoms. The molecule has 0 amide bonds. The summed E-state index contributed by atoms with van der Waals surface area (Å²) in [6.45, 7) is 4.68. The molecule has 0 atom stereocenters. The molecule has 2 nitrogen and oxygen atoms in total. The van der Waals surface area contributed by atoms with Crippen LogP contribution in [0.4, 0.5) is 11.4 Å². The first kappa shape index (κ1) is 21.0. The Bertz CT molecular complexity index is 1770. The van der Waals surface area contributed by atoms with Crippen LogP contribution in [0.15, 0.2) is 115 Å². The second-order valence-corrected chi connectivity index (χ2v) is 10.3. The van der Waals surface area contributed by atoms with Gasteiger partial charge in [-0.25, -0.2) is 0 Å². The standard InChI is InChI=1S/C34H28N2/c1-34(2)30-15-9-7-13-26(30)27-19-17-24(21-31(27)34)35(3)25-18-20-29-28-14-8-10-16-32(28)36(33(29)22-25)23-11-5-4-6-12-23/h4-22H,1-3H3. The van der Waals surface area contributed by atoms with E-state index in [1.54, 1.807) is 0 Å². The Hall–Kier alpha value is -4.30. The van der Waals surface area contributed by atoms with Crippen molar-refractivity contribution in [3.63, 3.8) is 0 Å². The molecule has 0 spiro atoms. The summed E-state index contributed by atoms with van der Waals surface area (Å²) in [6.07, 6.45) is 0. The molecule has 0 saturated heterocycles. The largest absolute Gasteiger partial charge is 0.345 e. The zero-order valence-electron chi connectivity index (χ0n) is 20.9. The van der Waals surface area contributed by atoms with Crippen LogP contribution in [0.25, 0.3) is 38.6 Å². The van der Waals surface area contributed by atoms with Crippen LogP contribution in [0.3, 0.4) is 0 Å². The van der Waals surface area contributed by atoms with Crippen molar-refractivity contribution in [2.45, 2.75) is 19.3 Å². The third-order valence-corrected chi connectivity index (χ3v) is 8.01. The van der Waals surface area contributed by atoms with Gasteiger partial charge in [0.1, 0.15) is 0 Å². The molecular formula is C34H28N2. The summed E-state index contributed by atoms with van der Waals surface area (Å²) in [4.78, 5) is 2.31. The van der Waals surface area contributed by atoms with E-state index in [1.807, 2.05) is 0 Å². The molecular weight excluding hydrogens is 436 g/mol. The van der Waals surface area contributed by atoms with Crippen molar-refractivity contribution >= 4 is 33.2 Å². The summed E-state index contributed by atoms with van der Waals surface area (Å²) in [6, 6.07) is 42.0. The number of para-hydroxylation sites is 2. The molecule has 0 aliphatic heterocycles. The van der Waals surface area contributed by atoms with Crippen molar-refractivity contribution in [1.29, 1.82) is 0 Å². The highest BCUT2D eigenvalue weighted by atomic mass is 15.1. The molecule has 1 aliphatic rings. The maximum atomic E-state index is 2.38. The van der Waals surface area contributed by atoms with E-state index in [1.165, 1.54) is 61.1 Å². The zero-order valence-corrected chi connectivity index (χ0v) is 20.9. The van der Waals surface area contributed by atoms with Gasteiger partial charge in [-0.3, -0.25) is 0 Å². The molecule has 5 aromatic carbocycles. The monoisotopic (exact) mass is 464 g/mol. The molecule has 0 unspecified atom stereocenters. The Labute approximate surface area is 212 Å². The number of fused-ring (bicyclic) bond motifs is 6. The van der Waals surface area contributed by atoms with Crippen LogP contribution in [0.1, 0.15) is 25.0 Å². The molecule has 0 N–H and O–H groups in total. The van der Waals surface area contributed by atoms with Crippen LogP contribution in [0.2, 0.25) is 0 Å². The van der Waals surface area contributed by atoms with E-state index in [9.17, 15) is 0 Å². The van der Waals surface area contributed by atoms with Gasteiger partial charge >= 0.3 is 0 Å². The van der Waals surface area contributed by atoms with E-state index in [-0.39, 0.29) is 5.41 Å². The van der Waals surface area contributed by atoms with Gasteiger partial charge < -0.3 is 9.47 Å². The lowest BCUT2D eigenvalue weighted by atomic mass is 9.82. The molecule has 7 rings (SSSR count). The lowest BCUT2D eigenvalue weighted by molar-refractivity contribution is 0.660.